The van der Waals surface area contributed by atoms with Crippen molar-refractivity contribution >= 4 is 61.6 Å². The summed E-state index contributed by atoms with van der Waals surface area (Å²) in [7, 11) is 2.06. The van der Waals surface area contributed by atoms with E-state index in [1.807, 2.05) is 18.2 Å². The van der Waals surface area contributed by atoms with Crippen LogP contribution in [0.3, 0.4) is 0 Å². The number of thiocarbonyl (C=S) groups is 1. The molecule has 1 aliphatic rings. The Hall–Kier alpha value is -0.250. The van der Waals surface area contributed by atoms with Crippen LogP contribution < -0.4 is 11.1 Å². The van der Waals surface area contributed by atoms with Gasteiger partial charge in [-0.05, 0) is 60.7 Å². The molecule has 0 bridgehead atoms. The Balaban J connectivity index is 2.23. The van der Waals surface area contributed by atoms with Crippen molar-refractivity contribution in [2.75, 3.05) is 20.1 Å². The molecular weight excluding hydrogens is 465 g/mol. The van der Waals surface area contributed by atoms with E-state index in [1.54, 1.807) is 0 Å². The largest absolute Gasteiger partial charge is 0.391 e. The minimum absolute atomic E-state index is 0.127. The molecule has 21 heavy (non-hydrogen) atoms. The van der Waals surface area contributed by atoms with E-state index in [1.165, 1.54) is 0 Å². The first-order chi connectivity index (χ1) is 9.84. The van der Waals surface area contributed by atoms with E-state index in [0.29, 0.717) is 10.6 Å². The summed E-state index contributed by atoms with van der Waals surface area (Å²) in [5, 5.41) is 3.08. The van der Waals surface area contributed by atoms with Crippen molar-refractivity contribution < 1.29 is 4.79 Å². The molecule has 0 saturated carbocycles. The molecule has 0 atom stereocenters. The lowest BCUT2D eigenvalue weighted by Crippen LogP contribution is -2.61. The number of likely N-dealkylation sites (tertiary alicyclic amines) is 1. The molecule has 7 heteroatoms. The van der Waals surface area contributed by atoms with Gasteiger partial charge in [0.05, 0.1) is 16.1 Å². The van der Waals surface area contributed by atoms with Crippen molar-refractivity contribution in [2.24, 2.45) is 5.73 Å². The van der Waals surface area contributed by atoms with Crippen LogP contribution in [0.15, 0.2) is 22.7 Å². The van der Waals surface area contributed by atoms with Gasteiger partial charge in [-0.15, -0.1) is 0 Å². The Morgan fingerprint density at radius 1 is 1.48 bits per heavy atom. The molecule has 1 aromatic rings. The van der Waals surface area contributed by atoms with Crippen molar-refractivity contribution in [1.29, 1.82) is 0 Å². The second kappa shape index (κ2) is 6.89. The van der Waals surface area contributed by atoms with E-state index >= 15 is 0 Å². The Morgan fingerprint density at radius 3 is 2.67 bits per heavy atom. The lowest BCUT2D eigenvalue weighted by atomic mass is 9.87. The average molecular weight is 482 g/mol. The second-order valence-electron chi connectivity index (χ2n) is 5.33. The van der Waals surface area contributed by atoms with Crippen LogP contribution in [0.5, 0.6) is 0 Å². The van der Waals surface area contributed by atoms with Crippen LogP contribution in [-0.4, -0.2) is 41.5 Å². The SMILES string of the molecule is CN1CCC(NC(=O)c2cc(Br)ccc2I)(C(N)=S)CC1. The fourth-order valence-corrected chi connectivity index (χ4v) is 3.59. The summed E-state index contributed by atoms with van der Waals surface area (Å²) >= 11 is 10.8. The van der Waals surface area contributed by atoms with Crippen molar-refractivity contribution in [3.05, 3.63) is 31.8 Å². The van der Waals surface area contributed by atoms with E-state index in [9.17, 15) is 4.79 Å². The predicted octanol–water partition coefficient (Wildman–Crippen LogP) is 2.53. The number of nitrogens with one attached hydrogen (secondary N) is 1. The molecule has 0 aromatic heterocycles. The summed E-state index contributed by atoms with van der Waals surface area (Å²) in [5.74, 6) is -0.127. The monoisotopic (exact) mass is 481 g/mol. The summed E-state index contributed by atoms with van der Waals surface area (Å²) in [6.07, 6.45) is 1.49. The van der Waals surface area contributed by atoms with Crippen molar-refractivity contribution in [2.45, 2.75) is 18.4 Å². The highest BCUT2D eigenvalue weighted by atomic mass is 127. The van der Waals surface area contributed by atoms with Gasteiger partial charge in [0.1, 0.15) is 0 Å². The number of amides is 1. The molecule has 1 amide bonds. The molecule has 1 fully saturated rings. The number of carbonyl (C=O) groups is 1. The first-order valence-corrected chi connectivity index (χ1v) is 8.88. The topological polar surface area (TPSA) is 58.4 Å². The Labute approximate surface area is 152 Å². The number of nitrogens with two attached hydrogens (primary N) is 1. The molecule has 3 N–H and O–H groups in total. The van der Waals surface area contributed by atoms with Crippen molar-refractivity contribution in [1.82, 2.24) is 10.2 Å². The van der Waals surface area contributed by atoms with Crippen molar-refractivity contribution in [3.8, 4) is 0 Å². The molecular formula is C14H17BrIN3OS. The third kappa shape index (κ3) is 3.94. The summed E-state index contributed by atoms with van der Waals surface area (Å²) in [4.78, 5) is 15.2. The number of hydrogen-bond donors (Lipinski definition) is 2. The van der Waals surface area contributed by atoms with E-state index in [0.717, 1.165) is 34.0 Å². The van der Waals surface area contributed by atoms with Crippen LogP contribution in [-0.2, 0) is 0 Å². The maximum Gasteiger partial charge on any atom is 0.253 e. The van der Waals surface area contributed by atoms with Gasteiger partial charge in [0.15, 0.2) is 0 Å². The maximum absolute atomic E-state index is 12.6. The van der Waals surface area contributed by atoms with Crippen LogP contribution in [0.25, 0.3) is 0 Å². The highest BCUT2D eigenvalue weighted by molar-refractivity contribution is 14.1. The zero-order chi connectivity index (χ0) is 15.6. The van der Waals surface area contributed by atoms with E-state index in [-0.39, 0.29) is 5.91 Å². The molecule has 1 heterocycles. The average Bonchev–Trinajstić information content (AvgIpc) is 2.44. The zero-order valence-corrected chi connectivity index (χ0v) is 16.2. The van der Waals surface area contributed by atoms with Gasteiger partial charge in [-0.3, -0.25) is 4.79 Å². The van der Waals surface area contributed by atoms with Crippen LogP contribution in [0.4, 0.5) is 0 Å². The number of carbonyl (C=O) groups excluding carboxylic acids is 1. The van der Waals surface area contributed by atoms with Crippen LogP contribution in [0.2, 0.25) is 0 Å². The molecule has 0 aliphatic carbocycles. The number of hydrogen-bond acceptors (Lipinski definition) is 3. The lowest BCUT2D eigenvalue weighted by molar-refractivity contribution is 0.0889. The minimum atomic E-state index is -0.579. The molecule has 1 aromatic carbocycles. The van der Waals surface area contributed by atoms with E-state index in [2.05, 4.69) is 55.8 Å². The maximum atomic E-state index is 12.6. The summed E-state index contributed by atoms with van der Waals surface area (Å²) < 4.78 is 1.78. The number of rotatable bonds is 3. The Kier molecular flexibility index (Phi) is 5.61. The van der Waals surface area contributed by atoms with Crippen LogP contribution in [0, 0.1) is 3.57 Å². The van der Waals surface area contributed by atoms with Gasteiger partial charge in [-0.2, -0.15) is 0 Å². The molecule has 0 radical (unpaired) electrons. The fourth-order valence-electron chi connectivity index (χ4n) is 2.39. The van der Waals surface area contributed by atoms with Gasteiger partial charge in [0, 0.05) is 21.1 Å². The van der Waals surface area contributed by atoms with Gasteiger partial charge in [0.2, 0.25) is 0 Å². The zero-order valence-electron chi connectivity index (χ0n) is 11.7. The van der Waals surface area contributed by atoms with Gasteiger partial charge in [-0.25, -0.2) is 0 Å². The first kappa shape index (κ1) is 17.1. The van der Waals surface area contributed by atoms with Gasteiger partial charge in [-0.1, -0.05) is 28.1 Å². The van der Waals surface area contributed by atoms with E-state index in [4.69, 9.17) is 18.0 Å². The normalized spacial score (nSPS) is 18.2. The summed E-state index contributed by atoms with van der Waals surface area (Å²) in [5.41, 5.74) is 5.99. The summed E-state index contributed by atoms with van der Waals surface area (Å²) in [6.45, 7) is 1.74. The number of benzene rings is 1. The van der Waals surface area contributed by atoms with Crippen LogP contribution in [0.1, 0.15) is 23.2 Å². The van der Waals surface area contributed by atoms with Crippen LogP contribution >= 0.6 is 50.7 Å². The lowest BCUT2D eigenvalue weighted by Gasteiger charge is -2.40. The van der Waals surface area contributed by atoms with Gasteiger partial charge >= 0.3 is 0 Å². The molecule has 4 nitrogen and oxygen atoms in total. The molecule has 1 aliphatic heterocycles. The van der Waals surface area contributed by atoms with Gasteiger partial charge in [0.25, 0.3) is 5.91 Å². The van der Waals surface area contributed by atoms with Gasteiger partial charge < -0.3 is 16.0 Å². The third-order valence-corrected chi connectivity index (χ3v) is 5.66. The molecule has 2 rings (SSSR count). The molecule has 1 saturated heterocycles. The second-order valence-corrected chi connectivity index (χ2v) is 7.85. The van der Waals surface area contributed by atoms with Crippen molar-refractivity contribution in [3.63, 3.8) is 0 Å². The predicted molar refractivity (Wildman–Crippen MR) is 101 cm³/mol. The number of halogens is 2. The first-order valence-electron chi connectivity index (χ1n) is 6.60. The number of nitrogens with zero attached hydrogens (tertiary/aromatic N) is 1. The number of piperidine rings is 1. The summed E-state index contributed by atoms with van der Waals surface area (Å²) in [6, 6.07) is 5.64. The molecule has 0 spiro atoms. The standard InChI is InChI=1S/C14H17BrIN3OS/c1-19-6-4-14(5-7-19,13(17)21)18-12(20)10-8-9(15)2-3-11(10)16/h2-3,8H,4-7H2,1H3,(H2,17,21)(H,18,20). The highest BCUT2D eigenvalue weighted by Gasteiger charge is 2.38. The minimum Gasteiger partial charge on any atom is -0.391 e. The highest BCUT2D eigenvalue weighted by Crippen LogP contribution is 2.24. The smallest absolute Gasteiger partial charge is 0.253 e. The fraction of sp³-hybridized carbons (Fsp3) is 0.429. The third-order valence-electron chi connectivity index (χ3n) is 3.84. The molecule has 114 valence electrons. The Bertz CT molecular complexity index is 573. The molecule has 0 unspecified atom stereocenters. The van der Waals surface area contributed by atoms with E-state index < -0.39 is 5.54 Å². The quantitative estimate of drug-likeness (QED) is 0.514. The Morgan fingerprint density at radius 2 is 2.10 bits per heavy atom.